The van der Waals surface area contributed by atoms with Crippen molar-refractivity contribution >= 4 is 23.6 Å². The monoisotopic (exact) mass is 278 g/mol. The Morgan fingerprint density at radius 3 is 2.70 bits per heavy atom. The summed E-state index contributed by atoms with van der Waals surface area (Å²) < 4.78 is 0. The Labute approximate surface area is 115 Å². The third-order valence-corrected chi connectivity index (χ3v) is 2.52. The molecule has 0 bridgehead atoms. The molecular formula is C13H14N2O5. The van der Waals surface area contributed by atoms with E-state index in [2.05, 4.69) is 0 Å². The Bertz CT molecular complexity index is 553. The van der Waals surface area contributed by atoms with Gasteiger partial charge in [0, 0.05) is 24.8 Å². The van der Waals surface area contributed by atoms with Crippen LogP contribution in [0.2, 0.25) is 0 Å². The van der Waals surface area contributed by atoms with Crippen molar-refractivity contribution in [2.45, 2.75) is 6.92 Å². The summed E-state index contributed by atoms with van der Waals surface area (Å²) in [5, 5.41) is 19.3. The maximum absolute atomic E-state index is 11.7. The number of likely N-dealkylation sites (N-methyl/N-ethyl adjacent to an activating group) is 1. The normalized spacial score (nSPS) is 10.4. The maximum Gasteiger partial charge on any atom is 0.323 e. The molecule has 0 radical (unpaired) electrons. The van der Waals surface area contributed by atoms with Gasteiger partial charge in [-0.1, -0.05) is 12.1 Å². The lowest BCUT2D eigenvalue weighted by Gasteiger charge is -2.15. The summed E-state index contributed by atoms with van der Waals surface area (Å²) in [6.07, 6.45) is 2.62. The van der Waals surface area contributed by atoms with Crippen LogP contribution in [0, 0.1) is 10.1 Å². The van der Waals surface area contributed by atoms with E-state index in [9.17, 15) is 19.7 Å². The number of carboxylic acids is 1. The molecule has 1 aromatic rings. The van der Waals surface area contributed by atoms with Crippen LogP contribution in [0.1, 0.15) is 12.5 Å². The van der Waals surface area contributed by atoms with Gasteiger partial charge in [0.15, 0.2) is 0 Å². The van der Waals surface area contributed by atoms with Crippen LogP contribution in [0.4, 0.5) is 5.69 Å². The quantitative estimate of drug-likeness (QED) is 0.483. The van der Waals surface area contributed by atoms with E-state index in [1.807, 2.05) is 0 Å². The summed E-state index contributed by atoms with van der Waals surface area (Å²) in [6.45, 7) is 1.56. The topological polar surface area (TPSA) is 101 Å². The van der Waals surface area contributed by atoms with Gasteiger partial charge in [0.05, 0.1) is 4.92 Å². The van der Waals surface area contributed by atoms with Crippen LogP contribution < -0.4 is 0 Å². The van der Waals surface area contributed by atoms with Gasteiger partial charge in [-0.05, 0) is 18.6 Å². The molecule has 106 valence electrons. The number of amides is 1. The number of carbonyl (C=O) groups excluding carboxylic acids is 1. The lowest BCUT2D eigenvalue weighted by atomic mass is 10.2. The molecule has 0 aliphatic rings. The highest BCUT2D eigenvalue weighted by Crippen LogP contribution is 2.14. The second-order valence-electron chi connectivity index (χ2n) is 3.93. The zero-order valence-electron chi connectivity index (χ0n) is 10.9. The molecule has 0 saturated carbocycles. The van der Waals surface area contributed by atoms with E-state index in [-0.39, 0.29) is 18.8 Å². The summed E-state index contributed by atoms with van der Waals surface area (Å²) in [5.41, 5.74) is 0.427. The van der Waals surface area contributed by atoms with Gasteiger partial charge in [-0.15, -0.1) is 0 Å². The standard InChI is InChI=1S/C13H14N2O5/c1-2-14(9-13(17)18)12(16)7-6-10-4-3-5-11(8-10)15(19)20/h3-8H,2,9H2,1H3,(H,17,18)/b7-6+. The zero-order valence-corrected chi connectivity index (χ0v) is 10.9. The van der Waals surface area contributed by atoms with E-state index in [0.717, 1.165) is 4.90 Å². The molecule has 1 aromatic carbocycles. The minimum Gasteiger partial charge on any atom is -0.480 e. The number of carbonyl (C=O) groups is 2. The molecule has 1 rings (SSSR count). The van der Waals surface area contributed by atoms with Gasteiger partial charge in [-0.25, -0.2) is 0 Å². The number of non-ortho nitro benzene ring substituents is 1. The molecule has 0 fully saturated rings. The second kappa shape index (κ2) is 7.03. The summed E-state index contributed by atoms with van der Waals surface area (Å²) in [6, 6.07) is 5.81. The summed E-state index contributed by atoms with van der Waals surface area (Å²) in [7, 11) is 0. The molecule has 0 atom stereocenters. The highest BCUT2D eigenvalue weighted by Gasteiger charge is 2.12. The molecule has 0 aromatic heterocycles. The van der Waals surface area contributed by atoms with Crippen molar-refractivity contribution in [2.24, 2.45) is 0 Å². The van der Waals surface area contributed by atoms with Gasteiger partial charge < -0.3 is 10.0 Å². The van der Waals surface area contributed by atoms with Crippen LogP contribution in [-0.2, 0) is 9.59 Å². The van der Waals surface area contributed by atoms with E-state index >= 15 is 0 Å². The van der Waals surface area contributed by atoms with Crippen molar-refractivity contribution in [2.75, 3.05) is 13.1 Å². The third-order valence-electron chi connectivity index (χ3n) is 2.52. The van der Waals surface area contributed by atoms with Crippen molar-refractivity contribution in [1.82, 2.24) is 4.90 Å². The number of rotatable bonds is 6. The van der Waals surface area contributed by atoms with Crippen LogP contribution in [0.3, 0.4) is 0 Å². The van der Waals surface area contributed by atoms with Gasteiger partial charge in [0.2, 0.25) is 5.91 Å². The van der Waals surface area contributed by atoms with Gasteiger partial charge in [0.25, 0.3) is 5.69 Å². The van der Waals surface area contributed by atoms with E-state index in [1.165, 1.54) is 30.4 Å². The fourth-order valence-corrected chi connectivity index (χ4v) is 1.52. The molecular weight excluding hydrogens is 264 g/mol. The highest BCUT2D eigenvalue weighted by atomic mass is 16.6. The fourth-order valence-electron chi connectivity index (χ4n) is 1.52. The minimum atomic E-state index is -1.09. The van der Waals surface area contributed by atoms with Gasteiger partial charge in [-0.2, -0.15) is 0 Å². The fraction of sp³-hybridized carbons (Fsp3) is 0.231. The van der Waals surface area contributed by atoms with Gasteiger partial charge in [-0.3, -0.25) is 19.7 Å². The van der Waals surface area contributed by atoms with Crippen molar-refractivity contribution in [3.05, 3.63) is 46.0 Å². The molecule has 20 heavy (non-hydrogen) atoms. The molecule has 0 saturated heterocycles. The van der Waals surface area contributed by atoms with Crippen LogP contribution in [0.15, 0.2) is 30.3 Å². The van der Waals surface area contributed by atoms with E-state index < -0.39 is 16.8 Å². The van der Waals surface area contributed by atoms with Crippen LogP contribution in [0.5, 0.6) is 0 Å². The first-order valence-electron chi connectivity index (χ1n) is 5.87. The number of carboxylic acid groups (broad SMARTS) is 1. The van der Waals surface area contributed by atoms with Crippen molar-refractivity contribution in [1.29, 1.82) is 0 Å². The Kier molecular flexibility index (Phi) is 5.40. The van der Waals surface area contributed by atoms with Crippen LogP contribution in [0.25, 0.3) is 6.08 Å². The lowest BCUT2D eigenvalue weighted by Crippen LogP contribution is -2.34. The molecule has 1 amide bonds. The first-order chi connectivity index (χ1) is 9.43. The van der Waals surface area contributed by atoms with Crippen molar-refractivity contribution in [3.8, 4) is 0 Å². The van der Waals surface area contributed by atoms with Crippen molar-refractivity contribution in [3.63, 3.8) is 0 Å². The number of hydrogen-bond donors (Lipinski definition) is 1. The minimum absolute atomic E-state index is 0.0718. The third kappa shape index (κ3) is 4.52. The second-order valence-corrected chi connectivity index (χ2v) is 3.93. The molecule has 0 spiro atoms. The Morgan fingerprint density at radius 2 is 2.15 bits per heavy atom. The number of aliphatic carboxylic acids is 1. The SMILES string of the molecule is CCN(CC(=O)O)C(=O)/C=C/c1cccc([N+](=O)[O-])c1. The average Bonchev–Trinajstić information content (AvgIpc) is 2.42. The lowest BCUT2D eigenvalue weighted by molar-refractivity contribution is -0.384. The van der Waals surface area contributed by atoms with Gasteiger partial charge in [0.1, 0.15) is 6.54 Å². The zero-order chi connectivity index (χ0) is 15.1. The van der Waals surface area contributed by atoms with Gasteiger partial charge >= 0.3 is 5.97 Å². The highest BCUT2D eigenvalue weighted by molar-refractivity contribution is 5.93. The average molecular weight is 278 g/mol. The van der Waals surface area contributed by atoms with Crippen LogP contribution in [-0.4, -0.2) is 39.9 Å². The molecule has 7 nitrogen and oxygen atoms in total. The summed E-state index contributed by atoms with van der Waals surface area (Å²) in [5.74, 6) is -1.55. The number of nitrogens with zero attached hydrogens (tertiary/aromatic N) is 2. The largest absolute Gasteiger partial charge is 0.480 e. The molecule has 0 aliphatic carbocycles. The number of nitro benzene ring substituents is 1. The molecule has 0 heterocycles. The smallest absolute Gasteiger partial charge is 0.323 e. The summed E-state index contributed by atoms with van der Waals surface area (Å²) in [4.78, 5) is 33.5. The maximum atomic E-state index is 11.7. The van der Waals surface area contributed by atoms with Crippen LogP contribution >= 0.6 is 0 Å². The first kappa shape index (κ1) is 15.4. The molecule has 7 heteroatoms. The first-order valence-corrected chi connectivity index (χ1v) is 5.87. The predicted molar refractivity (Wildman–Crippen MR) is 72.0 cm³/mol. The van der Waals surface area contributed by atoms with E-state index in [4.69, 9.17) is 5.11 Å². The summed E-state index contributed by atoms with van der Waals surface area (Å²) >= 11 is 0. The predicted octanol–water partition coefficient (Wildman–Crippen LogP) is 1.54. The number of benzene rings is 1. The molecule has 0 aliphatic heterocycles. The Hall–Kier alpha value is -2.70. The number of nitro groups is 1. The number of hydrogen-bond acceptors (Lipinski definition) is 4. The van der Waals surface area contributed by atoms with Crippen molar-refractivity contribution < 1.29 is 19.6 Å². The molecule has 1 N–H and O–H groups in total. The van der Waals surface area contributed by atoms with E-state index in [1.54, 1.807) is 13.0 Å². The Morgan fingerprint density at radius 1 is 1.45 bits per heavy atom. The van der Waals surface area contributed by atoms with E-state index in [0.29, 0.717) is 5.56 Å². The molecule has 0 unspecified atom stereocenters. The Balaban J connectivity index is 2.80.